The molecular weight excluding hydrogens is 272 g/mol. The van der Waals surface area contributed by atoms with Gasteiger partial charge in [0.05, 0.1) is 4.90 Å². The monoisotopic (exact) mass is 296 g/mol. The lowest BCUT2D eigenvalue weighted by molar-refractivity contribution is 0.297. The Labute approximate surface area is 122 Å². The van der Waals surface area contributed by atoms with Gasteiger partial charge in [0.2, 0.25) is 10.0 Å². The molecule has 0 aromatic heterocycles. The average molecular weight is 296 g/mol. The van der Waals surface area contributed by atoms with E-state index in [1.807, 2.05) is 20.0 Å². The highest BCUT2D eigenvalue weighted by molar-refractivity contribution is 7.89. The first-order chi connectivity index (χ1) is 9.53. The maximum atomic E-state index is 12.3. The molecule has 1 saturated carbocycles. The number of rotatable bonds is 7. The molecule has 4 nitrogen and oxygen atoms in total. The van der Waals surface area contributed by atoms with E-state index in [9.17, 15) is 8.42 Å². The van der Waals surface area contributed by atoms with Crippen molar-refractivity contribution in [2.75, 3.05) is 13.6 Å². The summed E-state index contributed by atoms with van der Waals surface area (Å²) in [6.07, 6.45) is 4.74. The van der Waals surface area contributed by atoms with Gasteiger partial charge >= 0.3 is 0 Å². The molecule has 1 aliphatic rings. The van der Waals surface area contributed by atoms with Crippen LogP contribution >= 0.6 is 0 Å². The Bertz CT molecular complexity index is 539. The van der Waals surface area contributed by atoms with Crippen LogP contribution in [0.3, 0.4) is 0 Å². The Morgan fingerprint density at radius 1 is 1.35 bits per heavy atom. The van der Waals surface area contributed by atoms with Gasteiger partial charge in [0.1, 0.15) is 0 Å². The van der Waals surface area contributed by atoms with E-state index >= 15 is 0 Å². The van der Waals surface area contributed by atoms with Gasteiger partial charge in [-0.3, -0.25) is 0 Å². The minimum absolute atomic E-state index is 0.139. The fourth-order valence-electron chi connectivity index (χ4n) is 2.38. The van der Waals surface area contributed by atoms with E-state index in [4.69, 9.17) is 0 Å². The minimum Gasteiger partial charge on any atom is -0.313 e. The molecule has 20 heavy (non-hydrogen) atoms. The van der Waals surface area contributed by atoms with E-state index in [1.165, 1.54) is 19.3 Å². The topological polar surface area (TPSA) is 58.2 Å². The first kappa shape index (κ1) is 15.5. The summed E-state index contributed by atoms with van der Waals surface area (Å²) in [7, 11) is -1.52. The van der Waals surface area contributed by atoms with Crippen molar-refractivity contribution in [3.63, 3.8) is 0 Å². The summed E-state index contributed by atoms with van der Waals surface area (Å²) in [6.45, 7) is 2.55. The molecule has 1 atom stereocenters. The molecule has 112 valence electrons. The van der Waals surface area contributed by atoms with Crippen LogP contribution in [0.4, 0.5) is 0 Å². The van der Waals surface area contributed by atoms with Crippen molar-refractivity contribution < 1.29 is 8.42 Å². The zero-order valence-electron chi connectivity index (χ0n) is 12.2. The van der Waals surface area contributed by atoms with Crippen LogP contribution in [0.2, 0.25) is 0 Å². The molecule has 0 spiro atoms. The predicted molar refractivity (Wildman–Crippen MR) is 81.1 cm³/mol. The van der Waals surface area contributed by atoms with Crippen LogP contribution in [-0.2, 0) is 10.0 Å². The molecule has 0 bridgehead atoms. The molecule has 0 amide bonds. The van der Waals surface area contributed by atoms with Gasteiger partial charge in [-0.2, -0.15) is 0 Å². The van der Waals surface area contributed by atoms with Crippen LogP contribution in [0.25, 0.3) is 0 Å². The summed E-state index contributed by atoms with van der Waals surface area (Å²) in [5.41, 5.74) is 0.981. The molecule has 0 radical (unpaired) electrons. The van der Waals surface area contributed by atoms with Gasteiger partial charge in [-0.25, -0.2) is 13.1 Å². The third kappa shape index (κ3) is 3.81. The lowest BCUT2D eigenvalue weighted by Gasteiger charge is -2.25. The van der Waals surface area contributed by atoms with Gasteiger partial charge in [-0.15, -0.1) is 0 Å². The molecule has 1 aromatic rings. The fraction of sp³-hybridized carbons (Fsp3) is 0.600. The first-order valence-corrected chi connectivity index (χ1v) is 8.78. The van der Waals surface area contributed by atoms with Crippen molar-refractivity contribution in [2.45, 2.75) is 43.5 Å². The highest BCUT2D eigenvalue weighted by Crippen LogP contribution is 2.28. The molecule has 2 rings (SSSR count). The normalized spacial score (nSPS) is 17.7. The van der Waals surface area contributed by atoms with E-state index < -0.39 is 10.0 Å². The standard InChI is InChI=1S/C15H24N2O2S/c1-12(16-2)14-7-4-8-15(11-14)20(18,19)17-10-9-13-5-3-6-13/h4,7-8,11-13,16-17H,3,5-6,9-10H2,1-2H3. The third-order valence-corrected chi connectivity index (χ3v) is 5.63. The third-order valence-electron chi connectivity index (χ3n) is 4.17. The SMILES string of the molecule is CNC(C)c1cccc(S(=O)(=O)NCCC2CCC2)c1. The average Bonchev–Trinajstić information content (AvgIpc) is 2.41. The lowest BCUT2D eigenvalue weighted by Crippen LogP contribution is -2.27. The van der Waals surface area contributed by atoms with Crippen molar-refractivity contribution in [2.24, 2.45) is 5.92 Å². The van der Waals surface area contributed by atoms with Gasteiger partial charge in [0.15, 0.2) is 0 Å². The minimum atomic E-state index is -3.38. The fourth-order valence-corrected chi connectivity index (χ4v) is 3.48. The number of nitrogens with one attached hydrogen (secondary N) is 2. The van der Waals surface area contributed by atoms with E-state index in [0.717, 1.165) is 12.0 Å². The van der Waals surface area contributed by atoms with Crippen molar-refractivity contribution in [3.05, 3.63) is 29.8 Å². The number of hydrogen-bond acceptors (Lipinski definition) is 3. The zero-order chi connectivity index (χ0) is 14.6. The smallest absolute Gasteiger partial charge is 0.240 e. The summed E-state index contributed by atoms with van der Waals surface area (Å²) < 4.78 is 27.2. The number of hydrogen-bond donors (Lipinski definition) is 2. The summed E-state index contributed by atoms with van der Waals surface area (Å²) in [6, 6.07) is 7.27. The first-order valence-electron chi connectivity index (χ1n) is 7.30. The molecule has 0 saturated heterocycles. The van der Waals surface area contributed by atoms with Crippen LogP contribution in [-0.4, -0.2) is 22.0 Å². The Morgan fingerprint density at radius 3 is 2.70 bits per heavy atom. The number of sulfonamides is 1. The van der Waals surface area contributed by atoms with Gasteiger partial charge in [0.25, 0.3) is 0 Å². The van der Waals surface area contributed by atoms with Gasteiger partial charge in [-0.05, 0) is 44.0 Å². The van der Waals surface area contributed by atoms with Crippen LogP contribution in [0.15, 0.2) is 29.2 Å². The molecule has 5 heteroatoms. The molecular formula is C15H24N2O2S. The second-order valence-corrected chi connectivity index (χ2v) is 7.33. The quantitative estimate of drug-likeness (QED) is 0.812. The molecule has 1 aliphatic carbocycles. The molecule has 1 aromatic carbocycles. The highest BCUT2D eigenvalue weighted by atomic mass is 32.2. The van der Waals surface area contributed by atoms with E-state index in [-0.39, 0.29) is 6.04 Å². The van der Waals surface area contributed by atoms with Crippen molar-refractivity contribution >= 4 is 10.0 Å². The van der Waals surface area contributed by atoms with Crippen molar-refractivity contribution in [1.29, 1.82) is 0 Å². The largest absolute Gasteiger partial charge is 0.313 e. The summed E-state index contributed by atoms with van der Waals surface area (Å²) >= 11 is 0. The van der Waals surface area contributed by atoms with E-state index in [0.29, 0.717) is 17.4 Å². The van der Waals surface area contributed by atoms with Crippen LogP contribution in [0.5, 0.6) is 0 Å². The summed E-state index contributed by atoms with van der Waals surface area (Å²) in [5.74, 6) is 0.716. The molecule has 2 N–H and O–H groups in total. The summed E-state index contributed by atoms with van der Waals surface area (Å²) in [5, 5.41) is 3.12. The number of benzene rings is 1. The van der Waals surface area contributed by atoms with Gasteiger partial charge in [0, 0.05) is 12.6 Å². The highest BCUT2D eigenvalue weighted by Gasteiger charge is 2.19. The van der Waals surface area contributed by atoms with E-state index in [1.54, 1.807) is 18.2 Å². The molecule has 0 aliphatic heterocycles. The van der Waals surface area contributed by atoms with Crippen molar-refractivity contribution in [1.82, 2.24) is 10.0 Å². The molecule has 1 unspecified atom stereocenters. The molecule has 1 fully saturated rings. The Hall–Kier alpha value is -0.910. The van der Waals surface area contributed by atoms with Gasteiger partial charge < -0.3 is 5.32 Å². The second kappa shape index (κ2) is 6.70. The Balaban J connectivity index is 2.00. The maximum Gasteiger partial charge on any atom is 0.240 e. The van der Waals surface area contributed by atoms with Crippen LogP contribution in [0, 0.1) is 5.92 Å². The maximum absolute atomic E-state index is 12.3. The van der Waals surface area contributed by atoms with Crippen LogP contribution < -0.4 is 10.0 Å². The molecule has 0 heterocycles. The van der Waals surface area contributed by atoms with Crippen molar-refractivity contribution in [3.8, 4) is 0 Å². The lowest BCUT2D eigenvalue weighted by atomic mass is 9.83. The Morgan fingerprint density at radius 2 is 2.10 bits per heavy atom. The summed E-state index contributed by atoms with van der Waals surface area (Å²) in [4.78, 5) is 0.353. The van der Waals surface area contributed by atoms with Crippen LogP contribution in [0.1, 0.15) is 44.2 Å². The van der Waals surface area contributed by atoms with Gasteiger partial charge in [-0.1, -0.05) is 31.4 Å². The second-order valence-electron chi connectivity index (χ2n) is 5.57. The predicted octanol–water partition coefficient (Wildman–Crippen LogP) is 2.44. The Kier molecular flexibility index (Phi) is 5.18. The van der Waals surface area contributed by atoms with E-state index in [2.05, 4.69) is 10.0 Å². The zero-order valence-corrected chi connectivity index (χ0v) is 13.0.